The normalized spacial score (nSPS) is 12.6. The van der Waals surface area contributed by atoms with Crippen LogP contribution in [-0.2, 0) is 9.59 Å². The number of likely N-dealkylation sites (N-methyl/N-ethyl adjacent to an activating group) is 1. The Labute approximate surface area is 159 Å². The molecule has 0 heterocycles. The van der Waals surface area contributed by atoms with Crippen LogP contribution in [0.5, 0.6) is 11.5 Å². The van der Waals surface area contributed by atoms with Crippen molar-refractivity contribution in [1.29, 1.82) is 0 Å². The number of carbonyl (C=O) groups is 2. The highest BCUT2D eigenvalue weighted by Crippen LogP contribution is 2.22. The molecular formula is C20H26N3O4+. The fourth-order valence-electron chi connectivity index (χ4n) is 2.50. The van der Waals surface area contributed by atoms with Crippen LogP contribution < -0.4 is 25.0 Å². The molecule has 2 aromatic rings. The van der Waals surface area contributed by atoms with Gasteiger partial charge in [-0.2, -0.15) is 0 Å². The van der Waals surface area contributed by atoms with Crippen LogP contribution in [0.4, 0.5) is 11.4 Å². The van der Waals surface area contributed by atoms with Gasteiger partial charge in [-0.15, -0.1) is 0 Å². The Balaban J connectivity index is 1.90. The van der Waals surface area contributed by atoms with Crippen molar-refractivity contribution in [3.05, 3.63) is 48.5 Å². The van der Waals surface area contributed by atoms with Gasteiger partial charge in [-0.25, -0.2) is 0 Å². The fraction of sp³-hybridized carbons (Fsp3) is 0.300. The number of benzene rings is 2. The van der Waals surface area contributed by atoms with Gasteiger partial charge in [0.1, 0.15) is 11.5 Å². The molecule has 2 atom stereocenters. The number of anilines is 2. The van der Waals surface area contributed by atoms with Crippen molar-refractivity contribution in [2.75, 3.05) is 38.4 Å². The van der Waals surface area contributed by atoms with Crippen LogP contribution in [0.15, 0.2) is 48.5 Å². The summed E-state index contributed by atoms with van der Waals surface area (Å²) in [6.07, 6.45) is 0. The van der Waals surface area contributed by atoms with Gasteiger partial charge in [0.05, 0.1) is 27.0 Å². The summed E-state index contributed by atoms with van der Waals surface area (Å²) in [4.78, 5) is 25.5. The maximum absolute atomic E-state index is 12.5. The van der Waals surface area contributed by atoms with Crippen molar-refractivity contribution in [2.45, 2.75) is 13.0 Å². The Hall–Kier alpha value is -3.06. The first-order valence-corrected chi connectivity index (χ1v) is 8.64. The van der Waals surface area contributed by atoms with E-state index < -0.39 is 6.04 Å². The highest BCUT2D eigenvalue weighted by atomic mass is 16.5. The van der Waals surface area contributed by atoms with E-state index in [0.29, 0.717) is 17.1 Å². The Morgan fingerprint density at radius 2 is 1.67 bits per heavy atom. The van der Waals surface area contributed by atoms with Crippen molar-refractivity contribution in [3.8, 4) is 11.5 Å². The third-order valence-electron chi connectivity index (χ3n) is 4.31. The first-order valence-electron chi connectivity index (χ1n) is 8.64. The number of carbonyl (C=O) groups excluding carboxylic acids is 2. The second kappa shape index (κ2) is 9.59. The molecule has 0 spiro atoms. The lowest BCUT2D eigenvalue weighted by Crippen LogP contribution is -3.14. The molecule has 0 aliphatic carbocycles. The van der Waals surface area contributed by atoms with Gasteiger partial charge < -0.3 is 25.0 Å². The topological polar surface area (TPSA) is 81.1 Å². The predicted octanol–water partition coefficient (Wildman–Crippen LogP) is 1.18. The first kappa shape index (κ1) is 20.3. The molecule has 0 saturated heterocycles. The summed E-state index contributed by atoms with van der Waals surface area (Å²) in [7, 11) is 4.94. The van der Waals surface area contributed by atoms with Crippen LogP contribution in [0.3, 0.4) is 0 Å². The highest BCUT2D eigenvalue weighted by molar-refractivity contribution is 5.95. The van der Waals surface area contributed by atoms with Crippen molar-refractivity contribution < 1.29 is 24.0 Å². The maximum Gasteiger partial charge on any atom is 0.282 e. The lowest BCUT2D eigenvalue weighted by atomic mass is 10.2. The molecule has 7 heteroatoms. The zero-order valence-corrected chi connectivity index (χ0v) is 16.0. The molecule has 0 aromatic heterocycles. The summed E-state index contributed by atoms with van der Waals surface area (Å²) in [5, 5.41) is 5.67. The van der Waals surface area contributed by atoms with E-state index in [0.717, 1.165) is 10.6 Å². The minimum atomic E-state index is -0.420. The van der Waals surface area contributed by atoms with E-state index >= 15 is 0 Å². The van der Waals surface area contributed by atoms with Gasteiger partial charge in [0.25, 0.3) is 11.8 Å². The van der Waals surface area contributed by atoms with Crippen molar-refractivity contribution in [3.63, 3.8) is 0 Å². The predicted molar refractivity (Wildman–Crippen MR) is 104 cm³/mol. The average Bonchev–Trinajstić information content (AvgIpc) is 2.68. The molecule has 7 nitrogen and oxygen atoms in total. The zero-order valence-electron chi connectivity index (χ0n) is 16.0. The summed E-state index contributed by atoms with van der Waals surface area (Å²) in [5.74, 6) is 0.953. The smallest absolute Gasteiger partial charge is 0.282 e. The van der Waals surface area contributed by atoms with Crippen LogP contribution in [0.25, 0.3) is 0 Å². The molecule has 0 aliphatic heterocycles. The summed E-state index contributed by atoms with van der Waals surface area (Å²) in [5.41, 5.74) is 1.28. The van der Waals surface area contributed by atoms with Gasteiger partial charge in [-0.1, -0.05) is 12.1 Å². The first-order chi connectivity index (χ1) is 12.9. The van der Waals surface area contributed by atoms with Gasteiger partial charge in [-0.05, 0) is 43.3 Å². The van der Waals surface area contributed by atoms with E-state index in [9.17, 15) is 9.59 Å². The summed E-state index contributed by atoms with van der Waals surface area (Å²) in [6, 6.07) is 13.9. The number of quaternary nitrogens is 1. The van der Waals surface area contributed by atoms with Crippen molar-refractivity contribution >= 4 is 23.2 Å². The third kappa shape index (κ3) is 5.72. The second-order valence-electron chi connectivity index (χ2n) is 6.21. The third-order valence-corrected chi connectivity index (χ3v) is 4.31. The molecule has 0 aliphatic rings. The van der Waals surface area contributed by atoms with Crippen molar-refractivity contribution in [1.82, 2.24) is 0 Å². The Morgan fingerprint density at radius 3 is 2.30 bits per heavy atom. The molecule has 0 radical (unpaired) electrons. The maximum atomic E-state index is 12.5. The van der Waals surface area contributed by atoms with Crippen LogP contribution in [-0.4, -0.2) is 45.7 Å². The molecule has 0 fully saturated rings. The number of methoxy groups -OCH3 is 2. The van der Waals surface area contributed by atoms with Gasteiger partial charge in [0.2, 0.25) is 0 Å². The minimum Gasteiger partial charge on any atom is -0.497 e. The standard InChI is InChI=1S/C20H25N3O4/c1-14(20(25)22-17-7-5-6-8-18(17)27-4)23(2)13-19(24)21-15-9-11-16(26-3)12-10-15/h5-12,14H,13H2,1-4H3,(H,21,24)(H,22,25)/p+1/t14-/m1/s1. The number of nitrogens with one attached hydrogen (secondary N) is 3. The number of hydrogen-bond acceptors (Lipinski definition) is 4. The minimum absolute atomic E-state index is 0.159. The lowest BCUT2D eigenvalue weighted by Gasteiger charge is -2.21. The van der Waals surface area contributed by atoms with Gasteiger partial charge >= 0.3 is 0 Å². The zero-order chi connectivity index (χ0) is 19.8. The Bertz CT molecular complexity index is 777. The number of ether oxygens (including phenoxy) is 2. The second-order valence-corrected chi connectivity index (χ2v) is 6.21. The van der Waals surface area contributed by atoms with Crippen LogP contribution in [0, 0.1) is 0 Å². The highest BCUT2D eigenvalue weighted by Gasteiger charge is 2.24. The molecule has 27 heavy (non-hydrogen) atoms. The van der Waals surface area contributed by atoms with Gasteiger partial charge in [0.15, 0.2) is 12.6 Å². The SMILES string of the molecule is COc1ccc(NC(=O)C[NH+](C)[C@H](C)C(=O)Nc2ccccc2OC)cc1. The molecule has 2 aromatic carbocycles. The summed E-state index contributed by atoms with van der Waals surface area (Å²) < 4.78 is 10.3. The fourth-order valence-corrected chi connectivity index (χ4v) is 2.50. The molecule has 144 valence electrons. The molecule has 2 amide bonds. The largest absolute Gasteiger partial charge is 0.497 e. The quantitative estimate of drug-likeness (QED) is 0.650. The van der Waals surface area contributed by atoms with Gasteiger partial charge in [-0.3, -0.25) is 9.59 Å². The monoisotopic (exact) mass is 372 g/mol. The van der Waals surface area contributed by atoms with Crippen LogP contribution >= 0.6 is 0 Å². The molecule has 0 saturated carbocycles. The van der Waals surface area contributed by atoms with E-state index in [4.69, 9.17) is 9.47 Å². The van der Waals surface area contributed by atoms with E-state index in [2.05, 4.69) is 10.6 Å². The lowest BCUT2D eigenvalue weighted by molar-refractivity contribution is -0.885. The molecular weight excluding hydrogens is 346 g/mol. The molecule has 0 bridgehead atoms. The van der Waals surface area contributed by atoms with E-state index in [1.165, 1.54) is 0 Å². The van der Waals surface area contributed by atoms with Crippen LogP contribution in [0.1, 0.15) is 6.92 Å². The summed E-state index contributed by atoms with van der Waals surface area (Å²) >= 11 is 0. The Morgan fingerprint density at radius 1 is 1.00 bits per heavy atom. The molecule has 3 N–H and O–H groups in total. The van der Waals surface area contributed by atoms with E-state index in [-0.39, 0.29) is 18.4 Å². The molecule has 1 unspecified atom stereocenters. The summed E-state index contributed by atoms with van der Waals surface area (Å²) in [6.45, 7) is 1.94. The van der Waals surface area contributed by atoms with Crippen molar-refractivity contribution in [2.24, 2.45) is 0 Å². The number of hydrogen-bond donors (Lipinski definition) is 3. The molecule has 2 rings (SSSR count). The number of para-hydroxylation sites is 2. The number of amides is 2. The Kier molecular flexibility index (Phi) is 7.19. The average molecular weight is 372 g/mol. The van der Waals surface area contributed by atoms with E-state index in [1.807, 2.05) is 12.1 Å². The van der Waals surface area contributed by atoms with Crippen LogP contribution in [0.2, 0.25) is 0 Å². The van der Waals surface area contributed by atoms with E-state index in [1.54, 1.807) is 64.6 Å². The number of rotatable bonds is 8. The van der Waals surface area contributed by atoms with Gasteiger partial charge in [0, 0.05) is 5.69 Å².